The summed E-state index contributed by atoms with van der Waals surface area (Å²) >= 11 is 0. The molecule has 4 aliphatic heterocycles. The normalized spacial score (nSPS) is 31.5. The molecule has 2 saturated heterocycles. The SMILES string of the molecule is CC[C@H](C)[C@H](CO)N1C(=O)[C@H]2[C@@H]3C(=O)O[C@H](c4ccccc4)[C@@H](C)NC(=O)CC/C=C\CN(Cn4nnc5ccccc54)C(=O)[C@H]1[C@@]21C=C[C@@H]3O1. The van der Waals surface area contributed by atoms with Gasteiger partial charge >= 0.3 is 5.97 Å². The van der Waals surface area contributed by atoms with Gasteiger partial charge in [0.2, 0.25) is 11.8 Å². The van der Waals surface area contributed by atoms with Gasteiger partial charge in [0.1, 0.15) is 35.9 Å². The largest absolute Gasteiger partial charge is 0.455 e. The molecule has 0 unspecified atom stereocenters. The third kappa shape index (κ3) is 6.01. The fourth-order valence-corrected chi connectivity index (χ4v) is 8.14. The summed E-state index contributed by atoms with van der Waals surface area (Å²) in [4.78, 5) is 60.5. The maximum absolute atomic E-state index is 15.1. The zero-order chi connectivity index (χ0) is 35.9. The zero-order valence-electron chi connectivity index (χ0n) is 29.0. The first-order chi connectivity index (χ1) is 24.7. The second-order valence-corrected chi connectivity index (χ2v) is 14.0. The topological polar surface area (TPSA) is 156 Å². The fourth-order valence-electron chi connectivity index (χ4n) is 8.14. The van der Waals surface area contributed by atoms with Gasteiger partial charge in [-0.25, -0.2) is 4.68 Å². The summed E-state index contributed by atoms with van der Waals surface area (Å²) in [6.07, 6.45) is 6.72. The number of aliphatic hydroxyl groups excluding tert-OH is 1. The van der Waals surface area contributed by atoms with Crippen LogP contribution in [0.3, 0.4) is 0 Å². The number of likely N-dealkylation sites (tertiary alicyclic amines) is 1. The Bertz CT molecular complexity index is 1860. The lowest BCUT2D eigenvalue weighted by molar-refractivity contribution is -0.162. The minimum atomic E-state index is -1.48. The number of ether oxygens (including phenoxy) is 2. The van der Waals surface area contributed by atoms with Crippen LogP contribution in [0.4, 0.5) is 0 Å². The van der Waals surface area contributed by atoms with E-state index in [0.29, 0.717) is 23.9 Å². The van der Waals surface area contributed by atoms with Gasteiger partial charge in [-0.05, 0) is 37.0 Å². The van der Waals surface area contributed by atoms with E-state index in [9.17, 15) is 19.5 Å². The highest BCUT2D eigenvalue weighted by Gasteiger charge is 2.74. The maximum atomic E-state index is 15.1. The molecule has 2 N–H and O–H groups in total. The Morgan fingerprint density at radius 1 is 1.04 bits per heavy atom. The average molecular weight is 697 g/mol. The molecule has 4 aliphatic rings. The first kappa shape index (κ1) is 34.6. The summed E-state index contributed by atoms with van der Waals surface area (Å²) in [5.41, 5.74) is 0.591. The number of amides is 3. The number of fused-ring (bicyclic) bond motifs is 3. The number of nitrogens with one attached hydrogen (secondary N) is 1. The van der Waals surface area contributed by atoms with Crippen LogP contribution in [0.1, 0.15) is 51.7 Å². The lowest BCUT2D eigenvalue weighted by atomic mass is 9.74. The number of hydrogen-bond acceptors (Lipinski definition) is 9. The highest BCUT2D eigenvalue weighted by molar-refractivity contribution is 5.99. The van der Waals surface area contributed by atoms with Crippen LogP contribution in [0.5, 0.6) is 0 Å². The van der Waals surface area contributed by atoms with Crippen LogP contribution in [-0.2, 0) is 35.3 Å². The zero-order valence-corrected chi connectivity index (χ0v) is 29.0. The van der Waals surface area contributed by atoms with Crippen molar-refractivity contribution in [1.82, 2.24) is 30.1 Å². The number of nitrogens with zero attached hydrogens (tertiary/aromatic N) is 5. The monoisotopic (exact) mass is 696 g/mol. The summed E-state index contributed by atoms with van der Waals surface area (Å²) in [5, 5.41) is 22.4. The molecule has 0 radical (unpaired) electrons. The summed E-state index contributed by atoms with van der Waals surface area (Å²) in [7, 11) is 0. The number of para-hydroxylation sites is 1. The van der Waals surface area contributed by atoms with E-state index in [1.54, 1.807) is 28.7 Å². The van der Waals surface area contributed by atoms with Gasteiger partial charge in [-0.2, -0.15) is 0 Å². The van der Waals surface area contributed by atoms with E-state index in [0.717, 1.165) is 5.52 Å². The van der Waals surface area contributed by atoms with E-state index in [1.807, 2.05) is 80.6 Å². The van der Waals surface area contributed by atoms with Crippen molar-refractivity contribution in [3.05, 3.63) is 84.5 Å². The molecule has 1 aromatic heterocycles. The standard InChI is InChI=1S/C38H44N6O7/c1-4-23(2)28(21-45)44-34-36(48)42(22-43-27-16-11-10-15-26(27)40-41-43)20-12-6-9-17-30(46)39-24(3)33(25-13-7-5-8-14-25)50-37(49)31-29-18-19-38(34,51-29)32(31)35(44)47/h5-8,10-16,18-19,23-24,28-29,31-34,45H,4,9,17,20-22H2,1-3H3,(H,39,46)/b12-6-/t23-,24+,28-,29-,31+,32+,33-,34-,38+/m0/s1. The number of carbonyl (C=O) groups excluding carboxylic acids is 4. The number of rotatable bonds is 7. The van der Waals surface area contributed by atoms with Crippen molar-refractivity contribution in [3.63, 3.8) is 0 Å². The Hall–Kier alpha value is -4.88. The fraction of sp³-hybridized carbons (Fsp3) is 0.474. The van der Waals surface area contributed by atoms with Gasteiger partial charge in [0.15, 0.2) is 0 Å². The third-order valence-electron chi connectivity index (χ3n) is 10.9. The molecule has 7 rings (SSSR count). The molecule has 2 aromatic carbocycles. The minimum Gasteiger partial charge on any atom is -0.455 e. The molecule has 0 saturated carbocycles. The Labute approximate surface area is 296 Å². The van der Waals surface area contributed by atoms with Crippen LogP contribution < -0.4 is 5.32 Å². The van der Waals surface area contributed by atoms with Crippen molar-refractivity contribution in [3.8, 4) is 0 Å². The molecule has 2 fully saturated rings. The molecule has 13 heteroatoms. The first-order valence-electron chi connectivity index (χ1n) is 17.8. The van der Waals surface area contributed by atoms with E-state index in [-0.39, 0.29) is 38.1 Å². The average Bonchev–Trinajstić information content (AvgIpc) is 3.89. The van der Waals surface area contributed by atoms with Crippen molar-refractivity contribution in [1.29, 1.82) is 0 Å². The van der Waals surface area contributed by atoms with Crippen molar-refractivity contribution < 1.29 is 33.8 Å². The number of aromatic nitrogens is 3. The molecule has 13 nitrogen and oxygen atoms in total. The number of carbonyl (C=O) groups is 4. The predicted octanol–water partition coefficient (Wildman–Crippen LogP) is 2.91. The smallest absolute Gasteiger partial charge is 0.313 e. The summed E-state index contributed by atoms with van der Waals surface area (Å²) in [5.74, 6) is -4.05. The van der Waals surface area contributed by atoms with Crippen LogP contribution >= 0.6 is 0 Å². The molecule has 268 valence electrons. The second kappa shape index (κ2) is 14.0. The number of benzene rings is 2. The molecule has 3 aromatic rings. The number of aliphatic hydroxyl groups is 1. The van der Waals surface area contributed by atoms with E-state index in [1.165, 1.54) is 4.90 Å². The molecule has 1 spiro atoms. The number of hydrogen-bond donors (Lipinski definition) is 2. The van der Waals surface area contributed by atoms with Crippen LogP contribution in [0.25, 0.3) is 11.0 Å². The van der Waals surface area contributed by atoms with Gasteiger partial charge in [-0.1, -0.05) is 92.3 Å². The van der Waals surface area contributed by atoms with E-state index in [4.69, 9.17) is 9.47 Å². The second-order valence-electron chi connectivity index (χ2n) is 14.0. The molecule has 51 heavy (non-hydrogen) atoms. The molecular weight excluding hydrogens is 652 g/mol. The summed E-state index contributed by atoms with van der Waals surface area (Å²) < 4.78 is 14.5. The first-order valence-corrected chi connectivity index (χ1v) is 17.8. The summed E-state index contributed by atoms with van der Waals surface area (Å²) in [6, 6.07) is 14.1. The van der Waals surface area contributed by atoms with Crippen LogP contribution in [-0.4, -0.2) is 96.6 Å². The molecular formula is C38H44N6O7. The molecule has 9 atom stereocenters. The Morgan fingerprint density at radius 3 is 2.57 bits per heavy atom. The van der Waals surface area contributed by atoms with Gasteiger partial charge in [0.05, 0.1) is 36.2 Å². The van der Waals surface area contributed by atoms with Crippen molar-refractivity contribution in [2.45, 2.75) is 82.6 Å². The quantitative estimate of drug-likeness (QED) is 0.280. The van der Waals surface area contributed by atoms with Crippen molar-refractivity contribution in [2.75, 3.05) is 13.2 Å². The highest BCUT2D eigenvalue weighted by atomic mass is 16.6. The van der Waals surface area contributed by atoms with Crippen LogP contribution in [0.15, 0.2) is 78.9 Å². The molecule has 5 heterocycles. The highest BCUT2D eigenvalue weighted by Crippen LogP contribution is 2.56. The lowest BCUT2D eigenvalue weighted by Crippen LogP contribution is -2.59. The Morgan fingerprint density at radius 2 is 1.80 bits per heavy atom. The molecule has 0 aliphatic carbocycles. The van der Waals surface area contributed by atoms with Crippen LogP contribution in [0, 0.1) is 17.8 Å². The maximum Gasteiger partial charge on any atom is 0.313 e. The Balaban J connectivity index is 1.33. The van der Waals surface area contributed by atoms with Gasteiger partial charge < -0.3 is 29.7 Å². The predicted molar refractivity (Wildman–Crippen MR) is 185 cm³/mol. The number of cyclic esters (lactones) is 1. The van der Waals surface area contributed by atoms with E-state index in [2.05, 4.69) is 15.6 Å². The summed E-state index contributed by atoms with van der Waals surface area (Å²) in [6.45, 7) is 5.44. The van der Waals surface area contributed by atoms with Gasteiger partial charge in [0, 0.05) is 13.0 Å². The van der Waals surface area contributed by atoms with Gasteiger partial charge in [0.25, 0.3) is 5.91 Å². The third-order valence-corrected chi connectivity index (χ3v) is 10.9. The number of esters is 1. The minimum absolute atomic E-state index is 0.00541. The molecule has 5 bridgehead atoms. The van der Waals surface area contributed by atoms with E-state index >= 15 is 4.79 Å². The lowest BCUT2D eigenvalue weighted by Gasteiger charge is -2.40. The van der Waals surface area contributed by atoms with Crippen LogP contribution in [0.2, 0.25) is 0 Å². The van der Waals surface area contributed by atoms with Gasteiger partial charge in [-0.3, -0.25) is 19.2 Å². The van der Waals surface area contributed by atoms with E-state index < -0.39 is 65.6 Å². The van der Waals surface area contributed by atoms with Gasteiger partial charge in [-0.15, -0.1) is 5.10 Å². The van der Waals surface area contributed by atoms with Crippen molar-refractivity contribution >= 4 is 34.7 Å². The number of allylic oxidation sites excluding steroid dienone is 1. The van der Waals surface area contributed by atoms with Crippen molar-refractivity contribution in [2.24, 2.45) is 17.8 Å². The Kier molecular flexibility index (Phi) is 9.51. The molecule has 3 amide bonds.